The van der Waals surface area contributed by atoms with Crippen molar-refractivity contribution in [1.29, 1.82) is 0 Å². The average Bonchev–Trinajstić information content (AvgIpc) is 3.13. The summed E-state index contributed by atoms with van der Waals surface area (Å²) >= 11 is 9.90. The first-order valence-electron chi connectivity index (χ1n) is 9.90. The fourth-order valence-corrected chi connectivity index (χ4v) is 5.54. The molecule has 1 aromatic carbocycles. The largest absolute Gasteiger partial charge is 0.370 e. The standard InChI is InChI=1S/C20H23BrClN5O2S/c1-2-30(28,29)26-9-5-6-14(13-26)11-23-19-10-18(15-7-3-4-8-17(15)22)25-20-16(21)12-24-27(19)20/h3-4,7-8,10,12,14,23H,2,5-6,9,11,13H2,1H3. The van der Waals surface area contributed by atoms with Crippen molar-refractivity contribution in [3.05, 3.63) is 46.0 Å². The maximum atomic E-state index is 12.3. The van der Waals surface area contributed by atoms with Gasteiger partial charge >= 0.3 is 0 Å². The summed E-state index contributed by atoms with van der Waals surface area (Å²) in [5.41, 5.74) is 2.28. The highest BCUT2D eigenvalue weighted by Crippen LogP contribution is 2.30. The van der Waals surface area contributed by atoms with Crippen molar-refractivity contribution in [1.82, 2.24) is 18.9 Å². The van der Waals surface area contributed by atoms with Crippen LogP contribution in [0.4, 0.5) is 5.82 Å². The van der Waals surface area contributed by atoms with Crippen molar-refractivity contribution < 1.29 is 8.42 Å². The second-order valence-electron chi connectivity index (χ2n) is 7.38. The van der Waals surface area contributed by atoms with E-state index in [4.69, 9.17) is 16.6 Å². The number of nitrogens with zero attached hydrogens (tertiary/aromatic N) is 4. The van der Waals surface area contributed by atoms with Gasteiger partial charge in [0, 0.05) is 36.3 Å². The molecule has 3 heterocycles. The van der Waals surface area contributed by atoms with Crippen molar-refractivity contribution in [2.24, 2.45) is 5.92 Å². The molecule has 1 aliphatic rings. The number of aromatic nitrogens is 3. The molecule has 1 N–H and O–H groups in total. The molecule has 2 aromatic heterocycles. The minimum atomic E-state index is -3.16. The Morgan fingerprint density at radius 2 is 2.13 bits per heavy atom. The van der Waals surface area contributed by atoms with Crippen LogP contribution >= 0.6 is 27.5 Å². The van der Waals surface area contributed by atoms with Crippen molar-refractivity contribution in [2.45, 2.75) is 19.8 Å². The molecule has 4 rings (SSSR count). The lowest BCUT2D eigenvalue weighted by molar-refractivity contribution is 0.275. The first-order valence-corrected chi connectivity index (χ1v) is 12.7. The first kappa shape index (κ1) is 21.5. The van der Waals surface area contributed by atoms with E-state index in [0.717, 1.165) is 34.4 Å². The summed E-state index contributed by atoms with van der Waals surface area (Å²) in [6.07, 6.45) is 3.56. The number of fused-ring (bicyclic) bond motifs is 1. The number of halogens is 2. The maximum absolute atomic E-state index is 12.3. The van der Waals surface area contributed by atoms with E-state index >= 15 is 0 Å². The van der Waals surface area contributed by atoms with Gasteiger partial charge < -0.3 is 5.32 Å². The van der Waals surface area contributed by atoms with Crippen LogP contribution in [0.25, 0.3) is 16.9 Å². The average molecular weight is 513 g/mol. The number of anilines is 1. The van der Waals surface area contributed by atoms with Crippen molar-refractivity contribution in [3.63, 3.8) is 0 Å². The lowest BCUT2D eigenvalue weighted by Crippen LogP contribution is -2.42. The number of hydrogen-bond donors (Lipinski definition) is 1. The van der Waals surface area contributed by atoms with Crippen molar-refractivity contribution in [3.8, 4) is 11.3 Å². The predicted molar refractivity (Wildman–Crippen MR) is 123 cm³/mol. The van der Waals surface area contributed by atoms with Gasteiger partial charge in [-0.25, -0.2) is 17.7 Å². The van der Waals surface area contributed by atoms with E-state index in [9.17, 15) is 8.42 Å². The zero-order chi connectivity index (χ0) is 21.3. The highest BCUT2D eigenvalue weighted by atomic mass is 79.9. The van der Waals surface area contributed by atoms with E-state index < -0.39 is 10.0 Å². The molecule has 0 bridgehead atoms. The summed E-state index contributed by atoms with van der Waals surface area (Å²) in [6.45, 7) is 3.48. The lowest BCUT2D eigenvalue weighted by Gasteiger charge is -2.32. The Morgan fingerprint density at radius 3 is 2.90 bits per heavy atom. The predicted octanol–water partition coefficient (Wildman–Crippen LogP) is 4.29. The zero-order valence-electron chi connectivity index (χ0n) is 16.6. The molecule has 1 unspecified atom stereocenters. The minimum Gasteiger partial charge on any atom is -0.370 e. The van der Waals surface area contributed by atoms with Crippen molar-refractivity contribution in [2.75, 3.05) is 30.7 Å². The SMILES string of the molecule is CCS(=O)(=O)N1CCCC(CNc2cc(-c3ccccc3Cl)nc3c(Br)cnn23)C1. The molecule has 3 aromatic rings. The Labute approximate surface area is 189 Å². The first-order chi connectivity index (χ1) is 14.4. The number of hydrogen-bond acceptors (Lipinski definition) is 5. The molecular weight excluding hydrogens is 490 g/mol. The molecule has 0 spiro atoms. The smallest absolute Gasteiger partial charge is 0.213 e. The summed E-state index contributed by atoms with van der Waals surface area (Å²) in [5, 5.41) is 8.51. The highest BCUT2D eigenvalue weighted by Gasteiger charge is 2.27. The molecule has 30 heavy (non-hydrogen) atoms. The second-order valence-corrected chi connectivity index (χ2v) is 10.9. The molecule has 7 nitrogen and oxygen atoms in total. The molecule has 1 saturated heterocycles. The Bertz CT molecular complexity index is 1170. The molecule has 0 saturated carbocycles. The molecule has 0 aliphatic carbocycles. The van der Waals surface area contributed by atoms with Gasteiger partial charge in [0.2, 0.25) is 10.0 Å². The number of rotatable bonds is 6. The van der Waals surface area contributed by atoms with E-state index in [0.29, 0.717) is 30.3 Å². The van der Waals surface area contributed by atoms with Gasteiger partial charge in [0.05, 0.1) is 22.1 Å². The summed E-state index contributed by atoms with van der Waals surface area (Å²) in [6, 6.07) is 9.51. The van der Waals surface area contributed by atoms with Gasteiger partial charge in [-0.1, -0.05) is 29.8 Å². The molecule has 0 amide bonds. The number of nitrogens with one attached hydrogen (secondary N) is 1. The fourth-order valence-electron chi connectivity index (χ4n) is 3.75. The van der Waals surface area contributed by atoms with Crippen LogP contribution in [0.3, 0.4) is 0 Å². The van der Waals surface area contributed by atoms with E-state index in [1.54, 1.807) is 21.9 Å². The molecule has 1 fully saturated rings. The zero-order valence-corrected chi connectivity index (χ0v) is 19.7. The van der Waals surface area contributed by atoms with Gasteiger partial charge in [0.25, 0.3) is 0 Å². The van der Waals surface area contributed by atoms with Crippen LogP contribution in [-0.2, 0) is 10.0 Å². The van der Waals surface area contributed by atoms with Gasteiger partial charge in [0.15, 0.2) is 5.65 Å². The molecule has 0 radical (unpaired) electrons. The number of piperidine rings is 1. The number of sulfonamides is 1. The van der Waals surface area contributed by atoms with Gasteiger partial charge in [-0.3, -0.25) is 0 Å². The molecule has 1 atom stereocenters. The quantitative estimate of drug-likeness (QED) is 0.533. The monoisotopic (exact) mass is 511 g/mol. The van der Waals surface area contributed by atoms with Gasteiger partial charge in [-0.05, 0) is 47.7 Å². The normalized spacial score (nSPS) is 18.0. The van der Waals surface area contributed by atoms with Crippen LogP contribution in [0.2, 0.25) is 5.02 Å². The summed E-state index contributed by atoms with van der Waals surface area (Å²) in [7, 11) is -3.16. The molecular formula is C20H23BrClN5O2S. The second kappa shape index (κ2) is 8.82. The number of benzene rings is 1. The fraction of sp³-hybridized carbons (Fsp3) is 0.400. The third-order valence-corrected chi connectivity index (χ3v) is 8.13. The third-order valence-electron chi connectivity index (χ3n) is 5.39. The summed E-state index contributed by atoms with van der Waals surface area (Å²) in [4.78, 5) is 4.72. The minimum absolute atomic E-state index is 0.140. The maximum Gasteiger partial charge on any atom is 0.213 e. The van der Waals surface area contributed by atoms with E-state index in [1.807, 2.05) is 30.3 Å². The van der Waals surface area contributed by atoms with Crippen molar-refractivity contribution >= 4 is 49.0 Å². The van der Waals surface area contributed by atoms with Crippen LogP contribution in [0.5, 0.6) is 0 Å². The summed E-state index contributed by atoms with van der Waals surface area (Å²) < 4.78 is 28.6. The Balaban J connectivity index is 1.60. The van der Waals surface area contributed by atoms with Crippen LogP contribution in [-0.4, -0.2) is 52.7 Å². The Morgan fingerprint density at radius 1 is 1.33 bits per heavy atom. The molecule has 160 valence electrons. The van der Waals surface area contributed by atoms with E-state index in [2.05, 4.69) is 26.3 Å². The Kier molecular flexibility index (Phi) is 6.34. The van der Waals surface area contributed by atoms with Crippen LogP contribution in [0, 0.1) is 5.92 Å². The third kappa shape index (κ3) is 4.34. The summed E-state index contributed by atoms with van der Waals surface area (Å²) in [5.74, 6) is 1.16. The van der Waals surface area contributed by atoms with Crippen LogP contribution < -0.4 is 5.32 Å². The van der Waals surface area contributed by atoms with Crippen LogP contribution in [0.15, 0.2) is 41.0 Å². The molecule has 10 heteroatoms. The van der Waals surface area contributed by atoms with Crippen LogP contribution in [0.1, 0.15) is 19.8 Å². The van der Waals surface area contributed by atoms with E-state index in [1.165, 1.54) is 0 Å². The van der Waals surface area contributed by atoms with Gasteiger partial charge in [-0.2, -0.15) is 9.61 Å². The Hall–Kier alpha value is -1.68. The molecule has 1 aliphatic heterocycles. The van der Waals surface area contributed by atoms with Gasteiger partial charge in [-0.15, -0.1) is 0 Å². The van der Waals surface area contributed by atoms with E-state index in [-0.39, 0.29) is 11.7 Å². The van der Waals surface area contributed by atoms with Gasteiger partial charge in [0.1, 0.15) is 5.82 Å². The lowest BCUT2D eigenvalue weighted by atomic mass is 10.00. The topological polar surface area (TPSA) is 79.6 Å². The highest BCUT2D eigenvalue weighted by molar-refractivity contribution is 9.10.